The molecule has 0 bridgehead atoms. The van der Waals surface area contributed by atoms with Crippen LogP contribution in [0.4, 0.5) is 18.9 Å². The number of ether oxygens (including phenoxy) is 2. The van der Waals surface area contributed by atoms with Crippen molar-refractivity contribution in [1.29, 1.82) is 0 Å². The van der Waals surface area contributed by atoms with E-state index in [1.165, 1.54) is 25.4 Å². The third-order valence-electron chi connectivity index (χ3n) is 2.76. The Morgan fingerprint density at radius 1 is 1.26 bits per heavy atom. The van der Waals surface area contributed by atoms with Crippen LogP contribution >= 0.6 is 0 Å². The number of anilines is 1. The van der Waals surface area contributed by atoms with Crippen molar-refractivity contribution >= 4 is 11.6 Å². The van der Waals surface area contributed by atoms with Crippen LogP contribution in [0, 0.1) is 0 Å². The first kappa shape index (κ1) is 16.6. The molecule has 122 valence electrons. The SMILES string of the molecule is COc1ccc(NC(=O)COc2cccc(C(F)(F)F)c2)cn1. The van der Waals surface area contributed by atoms with Crippen LogP contribution in [0.3, 0.4) is 0 Å². The second kappa shape index (κ2) is 6.99. The number of pyridine rings is 1. The highest BCUT2D eigenvalue weighted by Gasteiger charge is 2.30. The summed E-state index contributed by atoms with van der Waals surface area (Å²) in [6.07, 6.45) is -3.07. The number of methoxy groups -OCH3 is 1. The van der Waals surface area contributed by atoms with Crippen molar-refractivity contribution in [3.05, 3.63) is 48.2 Å². The molecule has 0 unspecified atom stereocenters. The number of alkyl halides is 3. The number of aromatic nitrogens is 1. The fourth-order valence-corrected chi connectivity index (χ4v) is 1.68. The molecular formula is C15H13F3N2O3. The van der Waals surface area contributed by atoms with Crippen LogP contribution in [0.5, 0.6) is 11.6 Å². The Kier molecular flexibility index (Phi) is 5.05. The molecule has 0 aliphatic heterocycles. The molecule has 1 aromatic heterocycles. The first-order chi connectivity index (χ1) is 10.9. The average Bonchev–Trinajstić information content (AvgIpc) is 2.53. The van der Waals surface area contributed by atoms with Gasteiger partial charge in [-0.25, -0.2) is 4.98 Å². The molecule has 8 heteroatoms. The summed E-state index contributed by atoms with van der Waals surface area (Å²) < 4.78 is 47.6. The molecular weight excluding hydrogens is 313 g/mol. The van der Waals surface area contributed by atoms with E-state index in [2.05, 4.69) is 10.3 Å². The van der Waals surface area contributed by atoms with Crippen molar-refractivity contribution in [2.24, 2.45) is 0 Å². The van der Waals surface area contributed by atoms with Gasteiger partial charge in [0.1, 0.15) is 5.75 Å². The standard InChI is InChI=1S/C15H13F3N2O3/c1-22-14-6-5-11(8-19-14)20-13(21)9-23-12-4-2-3-10(7-12)15(16,17)18/h2-8H,9H2,1H3,(H,20,21). The first-order valence-corrected chi connectivity index (χ1v) is 6.48. The number of nitrogens with zero attached hydrogens (tertiary/aromatic N) is 1. The number of hydrogen-bond acceptors (Lipinski definition) is 4. The minimum atomic E-state index is -4.46. The van der Waals surface area contributed by atoms with E-state index in [9.17, 15) is 18.0 Å². The molecule has 1 amide bonds. The minimum absolute atomic E-state index is 0.0390. The van der Waals surface area contributed by atoms with Crippen molar-refractivity contribution in [2.45, 2.75) is 6.18 Å². The van der Waals surface area contributed by atoms with E-state index in [-0.39, 0.29) is 5.75 Å². The zero-order chi connectivity index (χ0) is 16.9. The van der Waals surface area contributed by atoms with Gasteiger partial charge in [-0.1, -0.05) is 6.07 Å². The Hall–Kier alpha value is -2.77. The maximum atomic E-state index is 12.6. The third kappa shape index (κ3) is 4.87. The van der Waals surface area contributed by atoms with Gasteiger partial charge in [0.25, 0.3) is 5.91 Å². The van der Waals surface area contributed by atoms with Crippen molar-refractivity contribution in [3.63, 3.8) is 0 Å². The molecule has 1 N–H and O–H groups in total. The topological polar surface area (TPSA) is 60.5 Å². The predicted octanol–water partition coefficient (Wildman–Crippen LogP) is 3.13. The molecule has 0 fully saturated rings. The monoisotopic (exact) mass is 326 g/mol. The Morgan fingerprint density at radius 3 is 2.65 bits per heavy atom. The normalized spacial score (nSPS) is 11.0. The lowest BCUT2D eigenvalue weighted by atomic mass is 10.2. The van der Waals surface area contributed by atoms with Crippen LogP contribution in [0.2, 0.25) is 0 Å². The van der Waals surface area contributed by atoms with Crippen molar-refractivity contribution in [2.75, 3.05) is 19.0 Å². The molecule has 0 saturated carbocycles. The summed E-state index contributed by atoms with van der Waals surface area (Å²) in [5.41, 5.74) is -0.418. The molecule has 0 aliphatic rings. The van der Waals surface area contributed by atoms with E-state index >= 15 is 0 Å². The summed E-state index contributed by atoms with van der Waals surface area (Å²) in [6, 6.07) is 7.45. The summed E-state index contributed by atoms with van der Waals surface area (Å²) >= 11 is 0. The Balaban J connectivity index is 1.91. The molecule has 0 aliphatic carbocycles. The van der Waals surface area contributed by atoms with E-state index in [0.717, 1.165) is 12.1 Å². The number of nitrogens with one attached hydrogen (secondary N) is 1. The number of hydrogen-bond donors (Lipinski definition) is 1. The van der Waals surface area contributed by atoms with Gasteiger partial charge in [0.2, 0.25) is 5.88 Å². The highest BCUT2D eigenvalue weighted by Crippen LogP contribution is 2.31. The fraction of sp³-hybridized carbons (Fsp3) is 0.200. The number of carbonyl (C=O) groups is 1. The summed E-state index contributed by atoms with van der Waals surface area (Å²) in [5, 5.41) is 2.50. The maximum Gasteiger partial charge on any atom is 0.416 e. The van der Waals surface area contributed by atoms with Crippen LogP contribution in [0.15, 0.2) is 42.6 Å². The lowest BCUT2D eigenvalue weighted by Gasteiger charge is -2.10. The Labute approximate surface area is 130 Å². The Bertz CT molecular complexity index is 672. The van der Waals surface area contributed by atoms with E-state index in [4.69, 9.17) is 9.47 Å². The van der Waals surface area contributed by atoms with Gasteiger partial charge in [0.15, 0.2) is 6.61 Å². The van der Waals surface area contributed by atoms with E-state index < -0.39 is 24.3 Å². The first-order valence-electron chi connectivity index (χ1n) is 6.48. The van der Waals surface area contributed by atoms with Crippen LogP contribution in [-0.4, -0.2) is 24.6 Å². The third-order valence-corrected chi connectivity index (χ3v) is 2.76. The number of benzene rings is 1. The summed E-state index contributed by atoms with van der Waals surface area (Å²) in [7, 11) is 1.46. The van der Waals surface area contributed by atoms with Crippen molar-refractivity contribution in [1.82, 2.24) is 4.98 Å². The number of carbonyl (C=O) groups excluding carboxylic acids is 1. The van der Waals surface area contributed by atoms with Gasteiger partial charge in [-0.05, 0) is 24.3 Å². The zero-order valence-corrected chi connectivity index (χ0v) is 12.1. The fourth-order valence-electron chi connectivity index (χ4n) is 1.68. The van der Waals surface area contributed by atoms with Crippen LogP contribution in [0.25, 0.3) is 0 Å². The lowest BCUT2D eigenvalue weighted by Crippen LogP contribution is -2.20. The van der Waals surface area contributed by atoms with E-state index in [0.29, 0.717) is 11.6 Å². The number of rotatable bonds is 5. The summed E-state index contributed by atoms with van der Waals surface area (Å²) in [6.45, 7) is -0.423. The predicted molar refractivity (Wildman–Crippen MR) is 76.4 cm³/mol. The molecule has 23 heavy (non-hydrogen) atoms. The molecule has 0 spiro atoms. The van der Waals surface area contributed by atoms with Gasteiger partial charge in [-0.15, -0.1) is 0 Å². The molecule has 5 nitrogen and oxygen atoms in total. The van der Waals surface area contributed by atoms with Gasteiger partial charge in [0, 0.05) is 6.07 Å². The Morgan fingerprint density at radius 2 is 2.04 bits per heavy atom. The second-order valence-electron chi connectivity index (χ2n) is 4.45. The molecule has 1 aromatic carbocycles. The summed E-state index contributed by atoms with van der Waals surface area (Å²) in [5.74, 6) is -0.166. The largest absolute Gasteiger partial charge is 0.484 e. The molecule has 1 heterocycles. The quantitative estimate of drug-likeness (QED) is 0.917. The van der Waals surface area contributed by atoms with Gasteiger partial charge >= 0.3 is 6.18 Å². The molecule has 0 radical (unpaired) electrons. The molecule has 0 saturated heterocycles. The highest BCUT2D eigenvalue weighted by molar-refractivity contribution is 5.91. The van der Waals surface area contributed by atoms with Gasteiger partial charge in [-0.3, -0.25) is 4.79 Å². The van der Waals surface area contributed by atoms with Gasteiger partial charge in [-0.2, -0.15) is 13.2 Å². The van der Waals surface area contributed by atoms with Crippen molar-refractivity contribution < 1.29 is 27.4 Å². The van der Waals surface area contributed by atoms with Gasteiger partial charge < -0.3 is 14.8 Å². The van der Waals surface area contributed by atoms with Crippen LogP contribution < -0.4 is 14.8 Å². The number of amides is 1. The molecule has 0 atom stereocenters. The smallest absolute Gasteiger partial charge is 0.416 e. The minimum Gasteiger partial charge on any atom is -0.484 e. The van der Waals surface area contributed by atoms with Crippen molar-refractivity contribution in [3.8, 4) is 11.6 Å². The van der Waals surface area contributed by atoms with Crippen LogP contribution in [-0.2, 0) is 11.0 Å². The van der Waals surface area contributed by atoms with E-state index in [1.54, 1.807) is 12.1 Å². The highest BCUT2D eigenvalue weighted by atomic mass is 19.4. The molecule has 2 aromatic rings. The molecule has 2 rings (SSSR count). The van der Waals surface area contributed by atoms with Crippen LogP contribution in [0.1, 0.15) is 5.56 Å². The lowest BCUT2D eigenvalue weighted by molar-refractivity contribution is -0.137. The average molecular weight is 326 g/mol. The zero-order valence-electron chi connectivity index (χ0n) is 12.1. The summed E-state index contributed by atoms with van der Waals surface area (Å²) in [4.78, 5) is 15.6. The van der Waals surface area contributed by atoms with Gasteiger partial charge in [0.05, 0.1) is 24.6 Å². The van der Waals surface area contributed by atoms with E-state index in [1.807, 2.05) is 0 Å². The number of halogens is 3. The maximum absolute atomic E-state index is 12.6. The second-order valence-corrected chi connectivity index (χ2v) is 4.45.